The number of ether oxygens (including phenoxy) is 1. The predicted octanol–water partition coefficient (Wildman–Crippen LogP) is 3.41. The van der Waals surface area contributed by atoms with Crippen molar-refractivity contribution in [3.63, 3.8) is 0 Å². The summed E-state index contributed by atoms with van der Waals surface area (Å²) in [6.45, 7) is 8.68. The second kappa shape index (κ2) is 7.96. The molecule has 1 fully saturated rings. The molecule has 8 nitrogen and oxygen atoms in total. The van der Waals surface area contributed by atoms with Crippen LogP contribution in [0.4, 0.5) is 10.5 Å². The number of hydrogen-bond donors (Lipinski definition) is 0. The van der Waals surface area contributed by atoms with Gasteiger partial charge in [-0.05, 0) is 13.0 Å². The van der Waals surface area contributed by atoms with Crippen molar-refractivity contribution < 1.29 is 19.2 Å². The van der Waals surface area contributed by atoms with Gasteiger partial charge in [0.1, 0.15) is 0 Å². The molecule has 9 heteroatoms. The zero-order valence-corrected chi connectivity index (χ0v) is 16.6. The Kier molecular flexibility index (Phi) is 6.14. The Hall–Kier alpha value is -2.26. The molecule has 0 bridgehead atoms. The number of para-hydroxylation sites is 1. The Balaban J connectivity index is 2.14. The highest BCUT2D eigenvalue weighted by molar-refractivity contribution is 6.76. The Morgan fingerprint density at radius 3 is 2.62 bits per heavy atom. The molecule has 2 rings (SSSR count). The van der Waals surface area contributed by atoms with E-state index >= 15 is 0 Å². The molecule has 1 atom stereocenters. The number of carbonyl (C=O) groups excluding carboxylic acids is 2. The average Bonchev–Trinajstić information content (AvgIpc) is 2.80. The number of benzene rings is 1. The molecule has 0 N–H and O–H groups in total. The van der Waals surface area contributed by atoms with Crippen LogP contribution in [-0.4, -0.2) is 47.7 Å². The number of amides is 2. The first-order chi connectivity index (χ1) is 12.1. The SMILES string of the molecule is CC1CC(=O)N(C(=O)OCC[Si](C)(C)C)N1Cc1ccccc1[N+](=O)[O-]. The Morgan fingerprint density at radius 2 is 2.00 bits per heavy atom. The van der Waals surface area contributed by atoms with E-state index in [1.165, 1.54) is 6.07 Å². The highest BCUT2D eigenvalue weighted by atomic mass is 28.3. The molecule has 142 valence electrons. The van der Waals surface area contributed by atoms with Gasteiger partial charge in [0.05, 0.1) is 18.1 Å². The zero-order chi connectivity index (χ0) is 19.5. The third-order valence-electron chi connectivity index (χ3n) is 4.24. The van der Waals surface area contributed by atoms with Crippen LogP contribution in [0.25, 0.3) is 0 Å². The van der Waals surface area contributed by atoms with Crippen LogP contribution in [0, 0.1) is 10.1 Å². The van der Waals surface area contributed by atoms with Gasteiger partial charge in [0.25, 0.3) is 5.69 Å². The van der Waals surface area contributed by atoms with E-state index in [9.17, 15) is 19.7 Å². The number of rotatable bonds is 6. The standard InChI is InChI=1S/C17H25N3O5Si/c1-13-11-16(21)19(17(22)25-9-10-26(2,3)4)18(13)12-14-7-5-6-8-15(14)20(23)24/h5-8,13H,9-12H2,1-4H3. The molecule has 1 aromatic carbocycles. The molecule has 1 saturated heterocycles. The van der Waals surface area contributed by atoms with E-state index in [1.807, 2.05) is 6.92 Å². The third-order valence-corrected chi connectivity index (χ3v) is 5.95. The van der Waals surface area contributed by atoms with Crippen LogP contribution >= 0.6 is 0 Å². The van der Waals surface area contributed by atoms with E-state index in [0.717, 1.165) is 11.1 Å². The minimum absolute atomic E-state index is 0.0360. The maximum absolute atomic E-state index is 12.4. The van der Waals surface area contributed by atoms with Crippen molar-refractivity contribution >= 4 is 25.8 Å². The smallest absolute Gasteiger partial charge is 0.431 e. The summed E-state index contributed by atoms with van der Waals surface area (Å²) in [6.07, 6.45) is -0.541. The number of nitro groups is 1. The molecule has 1 aliphatic heterocycles. The molecule has 1 unspecified atom stereocenters. The van der Waals surface area contributed by atoms with Crippen LogP contribution < -0.4 is 0 Å². The van der Waals surface area contributed by atoms with Crippen LogP contribution in [0.3, 0.4) is 0 Å². The monoisotopic (exact) mass is 379 g/mol. The van der Waals surface area contributed by atoms with Gasteiger partial charge in [-0.25, -0.2) is 9.80 Å². The van der Waals surface area contributed by atoms with Gasteiger partial charge >= 0.3 is 6.09 Å². The van der Waals surface area contributed by atoms with E-state index in [-0.39, 0.29) is 37.2 Å². The highest BCUT2D eigenvalue weighted by Gasteiger charge is 2.41. The lowest BCUT2D eigenvalue weighted by molar-refractivity contribution is -0.385. The van der Waals surface area contributed by atoms with E-state index in [1.54, 1.807) is 23.2 Å². The summed E-state index contributed by atoms with van der Waals surface area (Å²) in [5.41, 5.74) is 0.407. The van der Waals surface area contributed by atoms with Gasteiger partial charge in [0, 0.05) is 32.2 Å². The molecule has 0 aromatic heterocycles. The fourth-order valence-corrected chi connectivity index (χ4v) is 3.44. The van der Waals surface area contributed by atoms with Gasteiger partial charge in [-0.3, -0.25) is 14.9 Å². The van der Waals surface area contributed by atoms with Crippen molar-refractivity contribution in [2.24, 2.45) is 0 Å². The largest absolute Gasteiger partial charge is 0.448 e. The number of carbonyl (C=O) groups is 2. The van der Waals surface area contributed by atoms with Crippen molar-refractivity contribution in [1.82, 2.24) is 10.0 Å². The lowest BCUT2D eigenvalue weighted by Crippen LogP contribution is -2.45. The minimum Gasteiger partial charge on any atom is -0.448 e. The summed E-state index contributed by atoms with van der Waals surface area (Å²) in [5.74, 6) is -0.353. The van der Waals surface area contributed by atoms with Crippen LogP contribution in [0.2, 0.25) is 25.7 Å². The Morgan fingerprint density at radius 1 is 1.35 bits per heavy atom. The lowest BCUT2D eigenvalue weighted by atomic mass is 10.1. The van der Waals surface area contributed by atoms with Gasteiger partial charge in [-0.15, -0.1) is 0 Å². The van der Waals surface area contributed by atoms with Crippen molar-refractivity contribution in [3.05, 3.63) is 39.9 Å². The molecule has 0 aliphatic carbocycles. The van der Waals surface area contributed by atoms with Crippen LogP contribution in [0.1, 0.15) is 18.9 Å². The summed E-state index contributed by atoms with van der Waals surface area (Å²) in [6, 6.07) is 6.88. The molecule has 0 radical (unpaired) electrons. The van der Waals surface area contributed by atoms with Crippen LogP contribution in [0.5, 0.6) is 0 Å². The average molecular weight is 379 g/mol. The highest BCUT2D eigenvalue weighted by Crippen LogP contribution is 2.27. The molecule has 1 aromatic rings. The van der Waals surface area contributed by atoms with Gasteiger partial charge in [0.15, 0.2) is 0 Å². The van der Waals surface area contributed by atoms with E-state index in [0.29, 0.717) is 5.56 Å². The first-order valence-electron chi connectivity index (χ1n) is 8.59. The van der Waals surface area contributed by atoms with Crippen LogP contribution in [0.15, 0.2) is 24.3 Å². The van der Waals surface area contributed by atoms with Gasteiger partial charge in [-0.1, -0.05) is 37.8 Å². The Labute approximate surface area is 153 Å². The summed E-state index contributed by atoms with van der Waals surface area (Å²) < 4.78 is 5.29. The maximum Gasteiger partial charge on any atom is 0.431 e. The topological polar surface area (TPSA) is 93.0 Å². The molecule has 26 heavy (non-hydrogen) atoms. The van der Waals surface area contributed by atoms with Crippen molar-refractivity contribution in [3.8, 4) is 0 Å². The summed E-state index contributed by atoms with van der Waals surface area (Å²) in [4.78, 5) is 35.4. The normalized spacial score (nSPS) is 18.2. The molecular weight excluding hydrogens is 354 g/mol. The summed E-state index contributed by atoms with van der Waals surface area (Å²) in [5, 5.41) is 13.7. The molecular formula is C17H25N3O5Si. The minimum atomic E-state index is -1.36. The Bertz CT molecular complexity index is 704. The predicted molar refractivity (Wildman–Crippen MR) is 99.1 cm³/mol. The number of nitro benzene ring substituents is 1. The fraction of sp³-hybridized carbons (Fsp3) is 0.529. The van der Waals surface area contributed by atoms with E-state index in [2.05, 4.69) is 19.6 Å². The van der Waals surface area contributed by atoms with E-state index < -0.39 is 19.1 Å². The summed E-state index contributed by atoms with van der Waals surface area (Å²) >= 11 is 0. The van der Waals surface area contributed by atoms with Gasteiger partial charge in [-0.2, -0.15) is 5.01 Å². The second-order valence-electron chi connectivity index (χ2n) is 7.67. The van der Waals surface area contributed by atoms with Gasteiger partial charge < -0.3 is 4.74 Å². The first kappa shape index (κ1) is 20.1. The quantitative estimate of drug-likeness (QED) is 0.427. The molecule has 1 aliphatic rings. The van der Waals surface area contributed by atoms with Crippen molar-refractivity contribution in [2.75, 3.05) is 6.61 Å². The number of nitrogens with zero attached hydrogens (tertiary/aromatic N) is 3. The summed E-state index contributed by atoms with van der Waals surface area (Å²) in [7, 11) is -1.36. The molecule has 0 spiro atoms. The molecule has 1 heterocycles. The maximum atomic E-state index is 12.4. The fourth-order valence-electron chi connectivity index (χ4n) is 2.72. The number of hydrazine groups is 1. The van der Waals surface area contributed by atoms with Crippen molar-refractivity contribution in [2.45, 2.75) is 51.6 Å². The van der Waals surface area contributed by atoms with E-state index in [4.69, 9.17) is 4.74 Å². The van der Waals surface area contributed by atoms with Crippen LogP contribution in [-0.2, 0) is 16.1 Å². The number of hydrogen-bond acceptors (Lipinski definition) is 6. The molecule has 0 saturated carbocycles. The third kappa shape index (κ3) is 4.89. The van der Waals surface area contributed by atoms with Crippen molar-refractivity contribution in [1.29, 1.82) is 0 Å². The molecule has 2 amide bonds. The lowest BCUT2D eigenvalue weighted by Gasteiger charge is -2.28. The van der Waals surface area contributed by atoms with Gasteiger partial charge in [0.2, 0.25) is 5.91 Å². The second-order valence-corrected chi connectivity index (χ2v) is 13.3. The number of imide groups is 1. The zero-order valence-electron chi connectivity index (χ0n) is 15.6. The first-order valence-corrected chi connectivity index (χ1v) is 12.3.